The van der Waals surface area contributed by atoms with Gasteiger partial charge in [0.2, 0.25) is 0 Å². The Bertz CT molecular complexity index is 212. The van der Waals surface area contributed by atoms with Gasteiger partial charge >= 0.3 is 0 Å². The zero-order chi connectivity index (χ0) is 7.56. The fraction of sp³-hybridized carbons (Fsp3) is 0.250. The molecular weight excluding hydrogens is 147 g/mol. The van der Waals surface area contributed by atoms with Crippen molar-refractivity contribution in [2.75, 3.05) is 0 Å². The number of aryl methyl sites for hydroxylation is 2. The van der Waals surface area contributed by atoms with E-state index in [0.29, 0.717) is 17.0 Å². The third-order valence-corrected chi connectivity index (χ3v) is 1.70. The van der Waals surface area contributed by atoms with Crippen LogP contribution in [0.3, 0.4) is 0 Å². The van der Waals surface area contributed by atoms with Crippen molar-refractivity contribution in [3.05, 3.63) is 29.3 Å². The number of hydrogen-bond donors (Lipinski definition) is 0. The molecule has 0 unspecified atom stereocenters. The summed E-state index contributed by atoms with van der Waals surface area (Å²) in [5.41, 5.74) is 2.22. The van der Waals surface area contributed by atoms with Crippen molar-refractivity contribution in [1.82, 2.24) is 0 Å². The van der Waals surface area contributed by atoms with E-state index in [4.69, 9.17) is 0 Å². The van der Waals surface area contributed by atoms with Crippen molar-refractivity contribution < 1.29 is 3.89 Å². The molecule has 1 aromatic rings. The second-order valence-electron chi connectivity index (χ2n) is 2.40. The van der Waals surface area contributed by atoms with Gasteiger partial charge < -0.3 is 0 Å². The summed E-state index contributed by atoms with van der Waals surface area (Å²) in [5, 5.41) is 0. The van der Waals surface area contributed by atoms with Crippen molar-refractivity contribution in [2.45, 2.75) is 18.7 Å². The highest BCUT2D eigenvalue weighted by molar-refractivity contribution is 7.94. The molecule has 0 aliphatic heterocycles. The van der Waals surface area contributed by atoms with Crippen LogP contribution in [0, 0.1) is 13.8 Å². The second-order valence-corrected chi connectivity index (χ2v) is 3.03. The van der Waals surface area contributed by atoms with Gasteiger partial charge in [-0.25, -0.2) is 0 Å². The molecule has 0 saturated heterocycles. The molecule has 0 amide bonds. The van der Waals surface area contributed by atoms with Crippen LogP contribution in [0.2, 0.25) is 0 Å². The van der Waals surface area contributed by atoms with Crippen LogP contribution in [0.25, 0.3) is 0 Å². The highest BCUT2D eigenvalue weighted by atomic mass is 32.2. The lowest BCUT2D eigenvalue weighted by Gasteiger charge is -1.97. The number of benzene rings is 1. The van der Waals surface area contributed by atoms with Gasteiger partial charge in [-0.05, 0) is 37.1 Å². The maximum Gasteiger partial charge on any atom is 0.0812 e. The molecule has 0 saturated carbocycles. The first-order valence-corrected chi connectivity index (χ1v) is 3.81. The van der Waals surface area contributed by atoms with E-state index in [-0.39, 0.29) is 0 Å². The van der Waals surface area contributed by atoms with Crippen LogP contribution < -0.4 is 0 Å². The van der Waals surface area contributed by atoms with Crippen LogP contribution in [-0.4, -0.2) is 0 Å². The standard InChI is InChI=1S/C8H9FS/c1-6-3-7(2)5-8(4-6)10-9/h3-5H,1-2H3. The van der Waals surface area contributed by atoms with E-state index in [2.05, 4.69) is 0 Å². The Balaban J connectivity index is 3.06. The molecule has 0 heterocycles. The van der Waals surface area contributed by atoms with Gasteiger partial charge in [0.05, 0.1) is 12.1 Å². The lowest BCUT2D eigenvalue weighted by molar-refractivity contribution is 0.933. The van der Waals surface area contributed by atoms with Gasteiger partial charge in [-0.2, -0.15) is 3.89 Å². The third-order valence-electron chi connectivity index (χ3n) is 1.28. The first-order valence-electron chi connectivity index (χ1n) is 3.09. The largest absolute Gasteiger partial charge is 0.160 e. The first kappa shape index (κ1) is 7.61. The molecule has 0 aliphatic rings. The number of hydrogen-bond acceptors (Lipinski definition) is 1. The third kappa shape index (κ3) is 1.74. The summed E-state index contributed by atoms with van der Waals surface area (Å²) in [7, 11) is 0. The molecular formula is C8H9FS. The fourth-order valence-electron chi connectivity index (χ4n) is 0.977. The predicted octanol–water partition coefficient (Wildman–Crippen LogP) is 3.28. The maximum atomic E-state index is 12.0. The molecule has 10 heavy (non-hydrogen) atoms. The molecule has 0 bridgehead atoms. The van der Waals surface area contributed by atoms with Crippen molar-refractivity contribution >= 4 is 12.1 Å². The van der Waals surface area contributed by atoms with E-state index >= 15 is 0 Å². The van der Waals surface area contributed by atoms with E-state index in [9.17, 15) is 3.89 Å². The quantitative estimate of drug-likeness (QED) is 0.601. The normalized spacial score (nSPS) is 9.90. The Morgan fingerprint density at radius 1 is 1.10 bits per heavy atom. The molecule has 54 valence electrons. The van der Waals surface area contributed by atoms with Gasteiger partial charge in [-0.3, -0.25) is 0 Å². The fourth-order valence-corrected chi connectivity index (χ4v) is 1.44. The smallest absolute Gasteiger partial charge is 0.0812 e. The molecule has 0 nitrogen and oxygen atoms in total. The number of halogens is 1. The summed E-state index contributed by atoms with van der Waals surface area (Å²) in [4.78, 5) is 0.692. The zero-order valence-electron chi connectivity index (χ0n) is 6.02. The summed E-state index contributed by atoms with van der Waals surface area (Å²) in [5.74, 6) is 0. The molecule has 0 atom stereocenters. The summed E-state index contributed by atoms with van der Waals surface area (Å²) >= 11 is 0.297. The van der Waals surface area contributed by atoms with Crippen LogP contribution in [-0.2, 0) is 0 Å². The summed E-state index contributed by atoms with van der Waals surface area (Å²) in [6.07, 6.45) is 0. The topological polar surface area (TPSA) is 0 Å². The van der Waals surface area contributed by atoms with Crippen LogP contribution in [0.1, 0.15) is 11.1 Å². The highest BCUT2D eigenvalue weighted by Gasteiger charge is 1.94. The Labute approximate surface area is 64.7 Å². The van der Waals surface area contributed by atoms with Crippen LogP contribution in [0.5, 0.6) is 0 Å². The Kier molecular flexibility index (Phi) is 2.33. The molecule has 0 aromatic heterocycles. The van der Waals surface area contributed by atoms with Crippen molar-refractivity contribution in [3.63, 3.8) is 0 Å². The predicted molar refractivity (Wildman–Crippen MR) is 42.9 cm³/mol. The zero-order valence-corrected chi connectivity index (χ0v) is 6.83. The van der Waals surface area contributed by atoms with Gasteiger partial charge in [-0.1, -0.05) is 6.07 Å². The monoisotopic (exact) mass is 156 g/mol. The number of rotatable bonds is 1. The van der Waals surface area contributed by atoms with E-state index in [1.807, 2.05) is 32.0 Å². The molecule has 1 rings (SSSR count). The molecule has 0 spiro atoms. The lowest BCUT2D eigenvalue weighted by atomic mass is 10.2. The van der Waals surface area contributed by atoms with Gasteiger partial charge in [0.25, 0.3) is 0 Å². The summed E-state index contributed by atoms with van der Waals surface area (Å²) in [6, 6.07) is 5.69. The molecule has 1 aromatic carbocycles. The minimum Gasteiger partial charge on any atom is -0.160 e. The minimum atomic E-state index is 0.297. The van der Waals surface area contributed by atoms with Crippen molar-refractivity contribution in [3.8, 4) is 0 Å². The Hall–Kier alpha value is -0.500. The SMILES string of the molecule is Cc1cc(C)cc(SF)c1. The molecule has 0 N–H and O–H groups in total. The van der Waals surface area contributed by atoms with Crippen LogP contribution in [0.15, 0.2) is 23.1 Å². The van der Waals surface area contributed by atoms with E-state index in [0.717, 1.165) is 11.1 Å². The maximum absolute atomic E-state index is 12.0. The average Bonchev–Trinajstić information content (AvgIpc) is 1.85. The van der Waals surface area contributed by atoms with E-state index in [1.54, 1.807) is 0 Å². The van der Waals surface area contributed by atoms with Crippen molar-refractivity contribution in [2.24, 2.45) is 0 Å². The minimum absolute atomic E-state index is 0.297. The Morgan fingerprint density at radius 3 is 2.00 bits per heavy atom. The Morgan fingerprint density at radius 2 is 1.60 bits per heavy atom. The molecule has 0 fully saturated rings. The second kappa shape index (κ2) is 3.06. The van der Waals surface area contributed by atoms with E-state index in [1.165, 1.54) is 0 Å². The van der Waals surface area contributed by atoms with Crippen LogP contribution >= 0.6 is 12.1 Å². The first-order chi connectivity index (χ1) is 4.72. The highest BCUT2D eigenvalue weighted by Crippen LogP contribution is 2.21. The van der Waals surface area contributed by atoms with Gasteiger partial charge in [0, 0.05) is 4.90 Å². The summed E-state index contributed by atoms with van der Waals surface area (Å²) < 4.78 is 12.0. The lowest BCUT2D eigenvalue weighted by Crippen LogP contribution is -1.76. The van der Waals surface area contributed by atoms with Crippen LogP contribution in [0.4, 0.5) is 3.89 Å². The molecule has 2 heteroatoms. The molecule has 0 aliphatic carbocycles. The molecule has 0 radical (unpaired) electrons. The van der Waals surface area contributed by atoms with Crippen molar-refractivity contribution in [1.29, 1.82) is 0 Å². The van der Waals surface area contributed by atoms with E-state index < -0.39 is 0 Å². The summed E-state index contributed by atoms with van der Waals surface area (Å²) in [6.45, 7) is 3.93. The average molecular weight is 156 g/mol. The van der Waals surface area contributed by atoms with Gasteiger partial charge in [-0.15, -0.1) is 0 Å². The van der Waals surface area contributed by atoms with Gasteiger partial charge in [0.1, 0.15) is 0 Å². The van der Waals surface area contributed by atoms with Gasteiger partial charge in [0.15, 0.2) is 0 Å².